The number of rotatable bonds is 6. The van der Waals surface area contributed by atoms with Crippen LogP contribution in [-0.2, 0) is 0 Å². The molecule has 0 fully saturated rings. The largest absolute Gasteiger partial charge is 0.385 e. The van der Waals surface area contributed by atoms with Crippen molar-refractivity contribution in [3.8, 4) is 0 Å². The Kier molecular flexibility index (Phi) is 5.58. The van der Waals surface area contributed by atoms with Gasteiger partial charge in [-0.15, -0.1) is 0 Å². The van der Waals surface area contributed by atoms with Crippen molar-refractivity contribution in [1.29, 1.82) is 0 Å². The standard InChI is InChI=1S/C14H14BrN3O2S/c1-2-5-16-11-6-12(18(19)20)8-13(7-11)21-14-4-3-10(15)9-17-14/h3-4,6-9,16H,2,5H2,1H3. The first-order valence-corrected chi connectivity index (χ1v) is 8.02. The van der Waals surface area contributed by atoms with E-state index in [2.05, 4.69) is 26.2 Å². The zero-order chi connectivity index (χ0) is 15.2. The molecule has 0 aliphatic heterocycles. The van der Waals surface area contributed by atoms with Gasteiger partial charge in [-0.2, -0.15) is 0 Å². The second kappa shape index (κ2) is 7.42. The van der Waals surface area contributed by atoms with E-state index in [0.717, 1.165) is 33.0 Å². The molecule has 0 saturated heterocycles. The van der Waals surface area contributed by atoms with Crippen LogP contribution in [0, 0.1) is 10.1 Å². The fourth-order valence-corrected chi connectivity index (χ4v) is 2.75. The number of halogens is 1. The summed E-state index contributed by atoms with van der Waals surface area (Å²) in [5, 5.41) is 15.0. The zero-order valence-corrected chi connectivity index (χ0v) is 13.8. The molecule has 2 aromatic rings. The lowest BCUT2D eigenvalue weighted by Gasteiger charge is -2.07. The lowest BCUT2D eigenvalue weighted by atomic mass is 10.2. The summed E-state index contributed by atoms with van der Waals surface area (Å²) >= 11 is 4.73. The molecule has 0 bridgehead atoms. The van der Waals surface area contributed by atoms with Gasteiger partial charge >= 0.3 is 0 Å². The second-order valence-corrected chi connectivity index (χ2v) is 6.33. The number of hydrogen-bond donors (Lipinski definition) is 1. The summed E-state index contributed by atoms with van der Waals surface area (Å²) in [5.74, 6) is 0. The average Bonchev–Trinajstić information content (AvgIpc) is 2.47. The number of nitrogens with zero attached hydrogens (tertiary/aromatic N) is 2. The van der Waals surface area contributed by atoms with Crippen molar-refractivity contribution in [3.63, 3.8) is 0 Å². The van der Waals surface area contributed by atoms with Gasteiger partial charge in [-0.3, -0.25) is 10.1 Å². The van der Waals surface area contributed by atoms with Crippen LogP contribution in [0.1, 0.15) is 13.3 Å². The predicted molar refractivity (Wildman–Crippen MR) is 87.9 cm³/mol. The van der Waals surface area contributed by atoms with Crippen molar-refractivity contribution in [2.75, 3.05) is 11.9 Å². The van der Waals surface area contributed by atoms with Gasteiger partial charge in [0.15, 0.2) is 0 Å². The van der Waals surface area contributed by atoms with E-state index in [4.69, 9.17) is 0 Å². The summed E-state index contributed by atoms with van der Waals surface area (Å²) in [6.45, 7) is 2.83. The normalized spacial score (nSPS) is 10.4. The molecule has 0 spiro atoms. The van der Waals surface area contributed by atoms with Crippen molar-refractivity contribution >= 4 is 39.1 Å². The molecular formula is C14H14BrN3O2S. The van der Waals surface area contributed by atoms with Crippen molar-refractivity contribution in [2.24, 2.45) is 0 Å². The third kappa shape index (κ3) is 4.71. The fraction of sp³-hybridized carbons (Fsp3) is 0.214. The minimum absolute atomic E-state index is 0.0794. The molecule has 1 aromatic carbocycles. The number of non-ortho nitro benzene ring substituents is 1. The molecule has 110 valence electrons. The van der Waals surface area contributed by atoms with Gasteiger partial charge < -0.3 is 5.32 Å². The lowest BCUT2D eigenvalue weighted by molar-refractivity contribution is -0.385. The molecule has 1 aromatic heterocycles. The van der Waals surface area contributed by atoms with Crippen LogP contribution < -0.4 is 5.32 Å². The Balaban J connectivity index is 2.26. The van der Waals surface area contributed by atoms with E-state index in [9.17, 15) is 10.1 Å². The van der Waals surface area contributed by atoms with Crippen molar-refractivity contribution in [1.82, 2.24) is 4.98 Å². The van der Waals surface area contributed by atoms with Crippen LogP contribution in [0.2, 0.25) is 0 Å². The smallest absolute Gasteiger partial charge is 0.272 e. The molecule has 21 heavy (non-hydrogen) atoms. The van der Waals surface area contributed by atoms with Crippen LogP contribution in [0.15, 0.2) is 50.9 Å². The summed E-state index contributed by atoms with van der Waals surface area (Å²) in [5.41, 5.74) is 0.835. The summed E-state index contributed by atoms with van der Waals surface area (Å²) in [4.78, 5) is 15.7. The maximum atomic E-state index is 11.0. The number of benzene rings is 1. The first kappa shape index (κ1) is 15.8. The van der Waals surface area contributed by atoms with Gasteiger partial charge in [0.2, 0.25) is 0 Å². The van der Waals surface area contributed by atoms with E-state index in [0.29, 0.717) is 0 Å². The van der Waals surface area contributed by atoms with Gasteiger partial charge in [0.05, 0.1) is 4.92 Å². The van der Waals surface area contributed by atoms with E-state index in [1.807, 2.05) is 25.1 Å². The highest BCUT2D eigenvalue weighted by Crippen LogP contribution is 2.32. The van der Waals surface area contributed by atoms with Gasteiger partial charge in [-0.25, -0.2) is 4.98 Å². The van der Waals surface area contributed by atoms with Crippen LogP contribution in [0.5, 0.6) is 0 Å². The number of aromatic nitrogens is 1. The van der Waals surface area contributed by atoms with Crippen molar-refractivity contribution < 1.29 is 4.92 Å². The second-order valence-electron chi connectivity index (χ2n) is 4.32. The number of pyridine rings is 1. The van der Waals surface area contributed by atoms with E-state index in [1.54, 1.807) is 18.3 Å². The van der Waals surface area contributed by atoms with Gasteiger partial charge in [0, 0.05) is 39.9 Å². The third-order valence-corrected chi connectivity index (χ3v) is 4.00. The maximum Gasteiger partial charge on any atom is 0.272 e. The van der Waals surface area contributed by atoms with Gasteiger partial charge in [0.1, 0.15) is 5.03 Å². The number of hydrogen-bond acceptors (Lipinski definition) is 5. The molecule has 0 saturated carbocycles. The minimum Gasteiger partial charge on any atom is -0.385 e. The molecule has 1 heterocycles. The Labute approximate surface area is 135 Å². The number of nitro benzene ring substituents is 1. The molecule has 5 nitrogen and oxygen atoms in total. The Morgan fingerprint density at radius 1 is 1.38 bits per heavy atom. The Hall–Kier alpha value is -1.60. The first-order chi connectivity index (χ1) is 10.1. The summed E-state index contributed by atoms with van der Waals surface area (Å²) < 4.78 is 0.899. The van der Waals surface area contributed by atoms with Crippen LogP contribution in [0.4, 0.5) is 11.4 Å². The lowest BCUT2D eigenvalue weighted by Crippen LogP contribution is -2.00. The van der Waals surface area contributed by atoms with E-state index >= 15 is 0 Å². The van der Waals surface area contributed by atoms with E-state index in [1.165, 1.54) is 11.8 Å². The molecule has 2 rings (SSSR count). The maximum absolute atomic E-state index is 11.0. The monoisotopic (exact) mass is 367 g/mol. The molecule has 0 unspecified atom stereocenters. The topological polar surface area (TPSA) is 68.1 Å². The van der Waals surface area contributed by atoms with Gasteiger partial charge in [0.25, 0.3) is 5.69 Å². The summed E-state index contributed by atoms with van der Waals surface area (Å²) in [7, 11) is 0. The molecule has 0 radical (unpaired) electrons. The Morgan fingerprint density at radius 3 is 2.81 bits per heavy atom. The highest BCUT2D eigenvalue weighted by atomic mass is 79.9. The zero-order valence-electron chi connectivity index (χ0n) is 11.4. The van der Waals surface area contributed by atoms with Crippen LogP contribution in [0.25, 0.3) is 0 Å². The molecule has 0 amide bonds. The fourth-order valence-electron chi connectivity index (χ4n) is 1.66. The highest BCUT2D eigenvalue weighted by Gasteiger charge is 2.11. The van der Waals surface area contributed by atoms with Crippen LogP contribution in [0.3, 0.4) is 0 Å². The van der Waals surface area contributed by atoms with Gasteiger partial charge in [-0.1, -0.05) is 18.7 Å². The highest BCUT2D eigenvalue weighted by molar-refractivity contribution is 9.10. The molecule has 0 atom stereocenters. The van der Waals surface area contributed by atoms with Crippen LogP contribution in [-0.4, -0.2) is 16.5 Å². The molecule has 0 aliphatic rings. The van der Waals surface area contributed by atoms with Crippen LogP contribution >= 0.6 is 27.7 Å². The number of nitro groups is 1. The minimum atomic E-state index is -0.379. The molecule has 7 heteroatoms. The SMILES string of the molecule is CCCNc1cc(Sc2ccc(Br)cn2)cc([N+](=O)[O-])c1. The van der Waals surface area contributed by atoms with Gasteiger partial charge in [-0.05, 0) is 40.5 Å². The predicted octanol–water partition coefficient (Wildman–Crippen LogP) is 4.73. The van der Waals surface area contributed by atoms with E-state index < -0.39 is 0 Å². The molecular weight excluding hydrogens is 354 g/mol. The molecule has 1 N–H and O–H groups in total. The first-order valence-electron chi connectivity index (χ1n) is 6.41. The quantitative estimate of drug-likeness (QED) is 0.590. The van der Waals surface area contributed by atoms with Crippen molar-refractivity contribution in [2.45, 2.75) is 23.3 Å². The number of anilines is 1. The summed E-state index contributed by atoms with van der Waals surface area (Å²) in [6.07, 6.45) is 2.66. The third-order valence-electron chi connectivity index (χ3n) is 2.60. The van der Waals surface area contributed by atoms with E-state index in [-0.39, 0.29) is 10.6 Å². The molecule has 0 aliphatic carbocycles. The Bertz CT molecular complexity index is 635. The summed E-state index contributed by atoms with van der Waals surface area (Å²) in [6, 6.07) is 8.77. The van der Waals surface area contributed by atoms with Crippen molar-refractivity contribution in [3.05, 3.63) is 51.1 Å². The Morgan fingerprint density at radius 2 is 2.19 bits per heavy atom. The number of nitrogens with one attached hydrogen (secondary N) is 1. The average molecular weight is 368 g/mol.